The summed E-state index contributed by atoms with van der Waals surface area (Å²) in [6, 6.07) is 7.75. The smallest absolute Gasteiger partial charge is 0.106 e. The van der Waals surface area contributed by atoms with Crippen molar-refractivity contribution in [3.05, 3.63) is 40.3 Å². The van der Waals surface area contributed by atoms with E-state index in [0.717, 1.165) is 16.5 Å². The number of hydrogen-bond acceptors (Lipinski definition) is 2. The molecule has 2 nitrogen and oxygen atoms in total. The lowest BCUT2D eigenvalue weighted by Gasteiger charge is -2.00. The summed E-state index contributed by atoms with van der Waals surface area (Å²) < 4.78 is 0. The molecule has 1 aromatic rings. The molecule has 0 atom stereocenters. The lowest BCUT2D eigenvalue weighted by molar-refractivity contribution is 1.03. The number of rotatable bonds is 3. The highest BCUT2D eigenvalue weighted by Crippen LogP contribution is 2.12. The van der Waals surface area contributed by atoms with Crippen LogP contribution >= 0.6 is 15.9 Å². The molecule has 0 aliphatic carbocycles. The molecule has 3 heteroatoms. The van der Waals surface area contributed by atoms with Crippen molar-refractivity contribution in [2.45, 2.75) is 11.9 Å². The molecule has 1 aromatic carbocycles. The quantitative estimate of drug-likeness (QED) is 0.561. The molecule has 0 aromatic heterocycles. The molecule has 0 saturated carbocycles. The third kappa shape index (κ3) is 2.12. The highest BCUT2D eigenvalue weighted by molar-refractivity contribution is 9.08. The number of alkyl halides is 1. The van der Waals surface area contributed by atoms with Crippen molar-refractivity contribution in [1.29, 1.82) is 0 Å². The summed E-state index contributed by atoms with van der Waals surface area (Å²) in [6.45, 7) is 0.266. The van der Waals surface area contributed by atoms with Gasteiger partial charge in [0, 0.05) is 5.33 Å². The highest BCUT2D eigenvalue weighted by Gasteiger charge is 1.98. The molecule has 0 saturated heterocycles. The molecular formula is C8H8BrNO. The number of benzene rings is 1. The van der Waals surface area contributed by atoms with Crippen molar-refractivity contribution in [3.63, 3.8) is 0 Å². The van der Waals surface area contributed by atoms with Crippen molar-refractivity contribution in [2.24, 2.45) is 5.18 Å². The second-order valence-corrected chi connectivity index (χ2v) is 2.75. The van der Waals surface area contributed by atoms with Crippen LogP contribution in [0.25, 0.3) is 0 Å². The molecule has 0 unspecified atom stereocenters. The number of nitrogens with zero attached hydrogens (tertiary/aromatic N) is 1. The summed E-state index contributed by atoms with van der Waals surface area (Å²) in [6.07, 6.45) is 0. The van der Waals surface area contributed by atoms with Crippen LogP contribution in [0.4, 0.5) is 0 Å². The molecule has 0 bridgehead atoms. The van der Waals surface area contributed by atoms with Crippen molar-refractivity contribution in [1.82, 2.24) is 0 Å². The van der Waals surface area contributed by atoms with Crippen LogP contribution in [0.15, 0.2) is 29.4 Å². The Bertz CT molecular complexity index is 250. The van der Waals surface area contributed by atoms with Crippen LogP contribution in [0.5, 0.6) is 0 Å². The van der Waals surface area contributed by atoms with Gasteiger partial charge in [-0.1, -0.05) is 45.4 Å². The first-order valence-corrected chi connectivity index (χ1v) is 4.42. The van der Waals surface area contributed by atoms with Gasteiger partial charge in [0.25, 0.3) is 0 Å². The zero-order valence-corrected chi connectivity index (χ0v) is 7.54. The maximum absolute atomic E-state index is 9.98. The normalized spacial score (nSPS) is 9.55. The van der Waals surface area contributed by atoms with Gasteiger partial charge in [0.15, 0.2) is 0 Å². The average molecular weight is 214 g/mol. The second-order valence-electron chi connectivity index (χ2n) is 2.19. The molecule has 0 aliphatic rings. The molecule has 0 heterocycles. The van der Waals surface area contributed by atoms with Gasteiger partial charge in [0.1, 0.15) is 6.54 Å². The molecular weight excluding hydrogens is 206 g/mol. The predicted molar refractivity (Wildman–Crippen MR) is 48.6 cm³/mol. The lowest BCUT2D eigenvalue weighted by Crippen LogP contribution is -1.87. The Morgan fingerprint density at radius 2 is 1.91 bits per heavy atom. The maximum Gasteiger partial charge on any atom is 0.106 e. The van der Waals surface area contributed by atoms with Crippen molar-refractivity contribution in [3.8, 4) is 0 Å². The van der Waals surface area contributed by atoms with E-state index in [4.69, 9.17) is 0 Å². The summed E-state index contributed by atoms with van der Waals surface area (Å²) in [5.74, 6) is 0. The third-order valence-electron chi connectivity index (χ3n) is 1.50. The van der Waals surface area contributed by atoms with Gasteiger partial charge < -0.3 is 0 Å². The van der Waals surface area contributed by atoms with Crippen molar-refractivity contribution < 1.29 is 0 Å². The average Bonchev–Trinajstić information content (AvgIpc) is 2.06. The fourth-order valence-electron chi connectivity index (χ4n) is 0.912. The second kappa shape index (κ2) is 4.23. The first-order valence-electron chi connectivity index (χ1n) is 3.30. The van der Waals surface area contributed by atoms with E-state index >= 15 is 0 Å². The van der Waals surface area contributed by atoms with Gasteiger partial charge in [-0.15, -0.1) is 0 Å². The molecule has 0 N–H and O–H groups in total. The van der Waals surface area contributed by atoms with E-state index in [-0.39, 0.29) is 6.54 Å². The van der Waals surface area contributed by atoms with E-state index in [1.54, 1.807) is 0 Å². The van der Waals surface area contributed by atoms with E-state index in [9.17, 15) is 4.91 Å². The monoisotopic (exact) mass is 213 g/mol. The van der Waals surface area contributed by atoms with Gasteiger partial charge in [0.05, 0.1) is 0 Å². The van der Waals surface area contributed by atoms with E-state index in [1.165, 1.54) is 0 Å². The SMILES string of the molecule is O=NCc1ccccc1CBr. The van der Waals surface area contributed by atoms with Crippen LogP contribution in [0, 0.1) is 4.91 Å². The third-order valence-corrected chi connectivity index (χ3v) is 2.10. The molecule has 0 radical (unpaired) electrons. The first-order chi connectivity index (χ1) is 5.38. The zero-order chi connectivity index (χ0) is 8.10. The fraction of sp³-hybridized carbons (Fsp3) is 0.250. The molecule has 0 spiro atoms. The van der Waals surface area contributed by atoms with E-state index < -0.39 is 0 Å². The van der Waals surface area contributed by atoms with Crippen molar-refractivity contribution >= 4 is 15.9 Å². The Hall–Kier alpha value is -0.700. The summed E-state index contributed by atoms with van der Waals surface area (Å²) in [5, 5.41) is 3.62. The van der Waals surface area contributed by atoms with Gasteiger partial charge in [0.2, 0.25) is 0 Å². The van der Waals surface area contributed by atoms with E-state index in [2.05, 4.69) is 21.1 Å². The number of halogens is 1. The predicted octanol–water partition coefficient (Wildman–Crippen LogP) is 2.85. The topological polar surface area (TPSA) is 29.4 Å². The van der Waals surface area contributed by atoms with E-state index in [1.807, 2.05) is 24.3 Å². The summed E-state index contributed by atoms with van der Waals surface area (Å²) in [7, 11) is 0. The van der Waals surface area contributed by atoms with Crippen LogP contribution < -0.4 is 0 Å². The Kier molecular flexibility index (Phi) is 3.23. The van der Waals surface area contributed by atoms with Crippen LogP contribution in [-0.4, -0.2) is 0 Å². The minimum atomic E-state index is 0.266. The van der Waals surface area contributed by atoms with Gasteiger partial charge in [-0.05, 0) is 11.1 Å². The zero-order valence-electron chi connectivity index (χ0n) is 5.96. The van der Waals surface area contributed by atoms with Crippen LogP contribution in [-0.2, 0) is 11.9 Å². The molecule has 0 amide bonds. The Balaban J connectivity index is 2.92. The molecule has 58 valence electrons. The molecule has 11 heavy (non-hydrogen) atoms. The fourth-order valence-corrected chi connectivity index (χ4v) is 1.46. The molecule has 0 aliphatic heterocycles. The van der Waals surface area contributed by atoms with Crippen LogP contribution in [0.3, 0.4) is 0 Å². The minimum absolute atomic E-state index is 0.266. The van der Waals surface area contributed by atoms with Crippen LogP contribution in [0.2, 0.25) is 0 Å². The Morgan fingerprint density at radius 1 is 1.27 bits per heavy atom. The lowest BCUT2D eigenvalue weighted by atomic mass is 10.1. The van der Waals surface area contributed by atoms with Crippen molar-refractivity contribution in [2.75, 3.05) is 0 Å². The standard InChI is InChI=1S/C8H8BrNO/c9-5-7-3-1-2-4-8(7)6-10-11/h1-4H,5-6H2. The van der Waals surface area contributed by atoms with Gasteiger partial charge in [-0.2, -0.15) is 4.91 Å². The largest absolute Gasteiger partial charge is 0.150 e. The maximum atomic E-state index is 9.98. The first kappa shape index (κ1) is 8.40. The van der Waals surface area contributed by atoms with E-state index in [0.29, 0.717) is 0 Å². The molecule has 1 rings (SSSR count). The van der Waals surface area contributed by atoms with Gasteiger partial charge in [-0.3, -0.25) is 0 Å². The number of hydrogen-bond donors (Lipinski definition) is 0. The van der Waals surface area contributed by atoms with Crippen LogP contribution in [0.1, 0.15) is 11.1 Å². The number of nitroso groups, excluding NO2 is 1. The van der Waals surface area contributed by atoms with Gasteiger partial charge >= 0.3 is 0 Å². The summed E-state index contributed by atoms with van der Waals surface area (Å²) in [4.78, 5) is 9.98. The summed E-state index contributed by atoms with van der Waals surface area (Å²) >= 11 is 3.33. The Morgan fingerprint density at radius 3 is 2.45 bits per heavy atom. The Labute approximate surface area is 73.7 Å². The molecule has 0 fully saturated rings. The minimum Gasteiger partial charge on any atom is -0.150 e. The summed E-state index contributed by atoms with van der Waals surface area (Å²) in [5.41, 5.74) is 2.13. The van der Waals surface area contributed by atoms with Gasteiger partial charge in [-0.25, -0.2) is 0 Å². The highest BCUT2D eigenvalue weighted by atomic mass is 79.9.